The van der Waals surface area contributed by atoms with Gasteiger partial charge in [-0.3, -0.25) is 10.1 Å². The molecule has 0 spiro atoms. The summed E-state index contributed by atoms with van der Waals surface area (Å²) in [6.45, 7) is 3.54. The molecule has 1 atom stereocenters. The molecule has 0 saturated heterocycles. The van der Waals surface area contributed by atoms with Gasteiger partial charge in [0.2, 0.25) is 5.89 Å². The van der Waals surface area contributed by atoms with Crippen molar-refractivity contribution in [1.29, 1.82) is 0 Å². The lowest BCUT2D eigenvalue weighted by atomic mass is 10.1. The number of hydrogen-bond acceptors (Lipinski definition) is 7. The first-order valence-electron chi connectivity index (χ1n) is 7.90. The molecule has 0 aliphatic heterocycles. The number of carbonyl (C=O) groups is 1. The summed E-state index contributed by atoms with van der Waals surface area (Å²) < 4.78 is 10.8. The highest BCUT2D eigenvalue weighted by molar-refractivity contribution is 6.33. The number of esters is 1. The Bertz CT molecular complexity index is 1000. The number of nitrogens with zero attached hydrogens (tertiary/aromatic N) is 3. The molecule has 0 aliphatic carbocycles. The lowest BCUT2D eigenvalue weighted by molar-refractivity contribution is -0.384. The van der Waals surface area contributed by atoms with Gasteiger partial charge in [0.1, 0.15) is 0 Å². The van der Waals surface area contributed by atoms with Crippen LogP contribution in [0.5, 0.6) is 0 Å². The number of aryl methyl sites for hydroxylation is 1. The summed E-state index contributed by atoms with van der Waals surface area (Å²) in [6.07, 6.45) is -0.824. The summed E-state index contributed by atoms with van der Waals surface area (Å²) >= 11 is 5.94. The number of carbonyl (C=O) groups excluding carboxylic acids is 1. The van der Waals surface area contributed by atoms with Crippen LogP contribution in [0.4, 0.5) is 5.69 Å². The minimum atomic E-state index is -0.824. The summed E-state index contributed by atoms with van der Waals surface area (Å²) in [5.74, 6) is -0.323. The van der Waals surface area contributed by atoms with Gasteiger partial charge in [-0.2, -0.15) is 0 Å². The van der Waals surface area contributed by atoms with Crippen LogP contribution in [0.1, 0.15) is 34.8 Å². The molecule has 0 N–H and O–H groups in total. The third-order valence-corrected chi connectivity index (χ3v) is 4.07. The van der Waals surface area contributed by atoms with Gasteiger partial charge in [0.05, 0.1) is 15.5 Å². The molecule has 0 fully saturated rings. The van der Waals surface area contributed by atoms with E-state index in [0.29, 0.717) is 5.89 Å². The van der Waals surface area contributed by atoms with Gasteiger partial charge in [0.15, 0.2) is 6.10 Å². The molecule has 2 aromatic carbocycles. The Morgan fingerprint density at radius 1 is 1.22 bits per heavy atom. The highest BCUT2D eigenvalue weighted by atomic mass is 35.5. The average Bonchev–Trinajstić information content (AvgIpc) is 3.12. The van der Waals surface area contributed by atoms with Gasteiger partial charge in [0, 0.05) is 17.7 Å². The standard InChI is InChI=1S/C18H14ClN3O5/c1-10-3-5-12(6-4-10)17-21-20-16(27-17)11(2)26-18(23)14-8-7-13(22(24)25)9-15(14)19/h3-9,11H,1-2H3/t11-/m1/s1. The fourth-order valence-electron chi connectivity index (χ4n) is 2.27. The zero-order valence-corrected chi connectivity index (χ0v) is 15.1. The third-order valence-electron chi connectivity index (χ3n) is 3.75. The normalized spacial score (nSPS) is 11.8. The van der Waals surface area contributed by atoms with Crippen LogP contribution in [0.3, 0.4) is 0 Å². The number of hydrogen-bond donors (Lipinski definition) is 0. The minimum Gasteiger partial charge on any atom is -0.449 e. The Hall–Kier alpha value is -3.26. The lowest BCUT2D eigenvalue weighted by Crippen LogP contribution is -2.10. The number of nitro groups is 1. The number of benzene rings is 2. The van der Waals surface area contributed by atoms with Gasteiger partial charge in [-0.25, -0.2) is 4.79 Å². The molecule has 0 radical (unpaired) electrons. The molecule has 0 bridgehead atoms. The molecule has 0 unspecified atom stereocenters. The van der Waals surface area contributed by atoms with E-state index in [0.717, 1.165) is 17.2 Å². The first-order valence-corrected chi connectivity index (χ1v) is 8.28. The highest BCUT2D eigenvalue weighted by Gasteiger charge is 2.22. The molecule has 27 heavy (non-hydrogen) atoms. The Morgan fingerprint density at radius 3 is 2.56 bits per heavy atom. The monoisotopic (exact) mass is 387 g/mol. The second kappa shape index (κ2) is 7.55. The van der Waals surface area contributed by atoms with Crippen LogP contribution in [-0.4, -0.2) is 21.1 Å². The quantitative estimate of drug-likeness (QED) is 0.359. The van der Waals surface area contributed by atoms with Crippen LogP contribution in [0.2, 0.25) is 5.02 Å². The highest BCUT2D eigenvalue weighted by Crippen LogP contribution is 2.26. The molecule has 0 aliphatic rings. The van der Waals surface area contributed by atoms with E-state index in [1.165, 1.54) is 12.1 Å². The Morgan fingerprint density at radius 2 is 1.93 bits per heavy atom. The summed E-state index contributed by atoms with van der Waals surface area (Å²) in [4.78, 5) is 22.4. The summed E-state index contributed by atoms with van der Waals surface area (Å²) in [6, 6.07) is 11.0. The van der Waals surface area contributed by atoms with Crippen LogP contribution in [0.25, 0.3) is 11.5 Å². The van der Waals surface area contributed by atoms with Crippen LogP contribution in [0.15, 0.2) is 46.9 Å². The molecule has 138 valence electrons. The maximum atomic E-state index is 12.3. The number of aromatic nitrogens is 2. The molecule has 3 aromatic rings. The first-order chi connectivity index (χ1) is 12.8. The van der Waals surface area contributed by atoms with Gasteiger partial charge in [-0.15, -0.1) is 10.2 Å². The second-order valence-electron chi connectivity index (χ2n) is 5.78. The van der Waals surface area contributed by atoms with E-state index in [2.05, 4.69) is 10.2 Å². The van der Waals surface area contributed by atoms with Crippen LogP contribution >= 0.6 is 11.6 Å². The van der Waals surface area contributed by atoms with Gasteiger partial charge in [-0.05, 0) is 32.0 Å². The molecule has 9 heteroatoms. The van der Waals surface area contributed by atoms with Crippen molar-refractivity contribution in [3.05, 3.63) is 74.6 Å². The third kappa shape index (κ3) is 4.12. The molecular weight excluding hydrogens is 374 g/mol. The van der Waals surface area contributed by atoms with Gasteiger partial charge >= 0.3 is 5.97 Å². The number of halogens is 1. The summed E-state index contributed by atoms with van der Waals surface area (Å²) in [5.41, 5.74) is 1.63. The first kappa shape index (κ1) is 18.5. The predicted octanol–water partition coefficient (Wildman–Crippen LogP) is 4.52. The fourth-order valence-corrected chi connectivity index (χ4v) is 2.52. The lowest BCUT2D eigenvalue weighted by Gasteiger charge is -2.10. The minimum absolute atomic E-state index is 0.00684. The van der Waals surface area contributed by atoms with E-state index >= 15 is 0 Å². The number of ether oxygens (including phenoxy) is 1. The molecule has 1 heterocycles. The van der Waals surface area contributed by atoms with Gasteiger partial charge < -0.3 is 9.15 Å². The van der Waals surface area contributed by atoms with E-state index in [4.69, 9.17) is 20.8 Å². The molecule has 8 nitrogen and oxygen atoms in total. The maximum absolute atomic E-state index is 12.3. The summed E-state index contributed by atoms with van der Waals surface area (Å²) in [5, 5.41) is 18.5. The van der Waals surface area contributed by atoms with Crippen molar-refractivity contribution >= 4 is 23.3 Å². The molecular formula is C18H14ClN3O5. The average molecular weight is 388 g/mol. The van der Waals surface area contributed by atoms with Crippen molar-refractivity contribution < 1.29 is 18.9 Å². The van der Waals surface area contributed by atoms with Crippen molar-refractivity contribution in [2.45, 2.75) is 20.0 Å². The SMILES string of the molecule is Cc1ccc(-c2nnc([C@@H](C)OC(=O)c3ccc([N+](=O)[O-])cc3Cl)o2)cc1. The van der Waals surface area contributed by atoms with Crippen molar-refractivity contribution in [3.8, 4) is 11.5 Å². The predicted molar refractivity (Wildman–Crippen MR) is 96.4 cm³/mol. The van der Waals surface area contributed by atoms with E-state index in [-0.39, 0.29) is 22.2 Å². The van der Waals surface area contributed by atoms with Crippen molar-refractivity contribution in [2.24, 2.45) is 0 Å². The van der Waals surface area contributed by atoms with Crippen LogP contribution < -0.4 is 0 Å². The second-order valence-corrected chi connectivity index (χ2v) is 6.19. The smallest absolute Gasteiger partial charge is 0.340 e. The topological polar surface area (TPSA) is 108 Å². The van der Waals surface area contributed by atoms with Gasteiger partial charge in [-0.1, -0.05) is 29.3 Å². The van der Waals surface area contributed by atoms with E-state index in [1.54, 1.807) is 6.92 Å². The zero-order valence-electron chi connectivity index (χ0n) is 14.4. The fraction of sp³-hybridized carbons (Fsp3) is 0.167. The molecule has 0 amide bonds. The van der Waals surface area contributed by atoms with Crippen molar-refractivity contribution in [3.63, 3.8) is 0 Å². The Kier molecular flexibility index (Phi) is 5.18. The van der Waals surface area contributed by atoms with E-state index in [9.17, 15) is 14.9 Å². The summed E-state index contributed by atoms with van der Waals surface area (Å²) in [7, 11) is 0. The van der Waals surface area contributed by atoms with Crippen LogP contribution in [0, 0.1) is 17.0 Å². The molecule has 1 aromatic heterocycles. The van der Waals surface area contributed by atoms with E-state index in [1.807, 2.05) is 31.2 Å². The zero-order chi connectivity index (χ0) is 19.6. The van der Waals surface area contributed by atoms with Crippen LogP contribution in [-0.2, 0) is 4.74 Å². The molecule has 3 rings (SSSR count). The maximum Gasteiger partial charge on any atom is 0.340 e. The van der Waals surface area contributed by atoms with Gasteiger partial charge in [0.25, 0.3) is 11.6 Å². The number of nitro benzene ring substituents is 1. The van der Waals surface area contributed by atoms with Crippen molar-refractivity contribution in [2.75, 3.05) is 0 Å². The van der Waals surface area contributed by atoms with E-state index < -0.39 is 17.0 Å². The number of rotatable bonds is 5. The largest absolute Gasteiger partial charge is 0.449 e. The Labute approximate surface area is 158 Å². The Balaban J connectivity index is 1.74. The number of non-ortho nitro benzene ring substituents is 1. The van der Waals surface area contributed by atoms with Crippen molar-refractivity contribution in [1.82, 2.24) is 10.2 Å². The molecule has 0 saturated carbocycles.